The van der Waals surface area contributed by atoms with Crippen LogP contribution in [0.3, 0.4) is 0 Å². The minimum Gasteiger partial charge on any atom is -0.481 e. The maximum Gasteiger partial charge on any atom is 0.326 e. The summed E-state index contributed by atoms with van der Waals surface area (Å²) in [5.41, 5.74) is 5.41. The summed E-state index contributed by atoms with van der Waals surface area (Å²) in [6.07, 6.45) is -1.68. The molecular weight excluding hydrogens is 696 g/mol. The van der Waals surface area contributed by atoms with Gasteiger partial charge >= 0.3 is 17.9 Å². The van der Waals surface area contributed by atoms with E-state index in [9.17, 15) is 63.6 Å². The van der Waals surface area contributed by atoms with Crippen molar-refractivity contribution in [3.8, 4) is 0 Å². The van der Waals surface area contributed by atoms with Crippen LogP contribution in [0.5, 0.6) is 0 Å². The van der Waals surface area contributed by atoms with E-state index in [2.05, 4.69) is 37.2 Å². The highest BCUT2D eigenvalue weighted by molar-refractivity contribution is 5.98. The molecule has 1 aliphatic rings. The summed E-state index contributed by atoms with van der Waals surface area (Å²) in [4.78, 5) is 112. The zero-order valence-electron chi connectivity index (χ0n) is 28.9. The molecule has 0 radical (unpaired) electrons. The third-order valence-electron chi connectivity index (χ3n) is 7.86. The van der Waals surface area contributed by atoms with E-state index in [0.717, 1.165) is 6.92 Å². The summed E-state index contributed by atoms with van der Waals surface area (Å²) in [7, 11) is 0. The van der Waals surface area contributed by atoms with Crippen molar-refractivity contribution in [3.05, 3.63) is 0 Å². The molecule has 1 aliphatic heterocycles. The smallest absolute Gasteiger partial charge is 0.326 e. The Hall–Kier alpha value is -4.93. The van der Waals surface area contributed by atoms with Gasteiger partial charge in [-0.05, 0) is 65.5 Å². The number of carbonyl (C=O) groups is 9. The Bertz CT molecular complexity index is 1290. The molecule has 1 fully saturated rings. The summed E-state index contributed by atoms with van der Waals surface area (Å²) in [5.74, 6) is -10.4. The molecule has 1 rings (SSSR count). The Labute approximate surface area is 298 Å². The van der Waals surface area contributed by atoms with Gasteiger partial charge in [-0.3, -0.25) is 38.4 Å². The number of hydrogen-bond acceptors (Lipinski definition) is 13. The lowest BCUT2D eigenvalue weighted by Gasteiger charge is -2.27. The molecule has 0 aromatic rings. The molecule has 1 saturated heterocycles. The summed E-state index contributed by atoms with van der Waals surface area (Å²) >= 11 is 0. The quantitative estimate of drug-likeness (QED) is 0.0410. The zero-order chi connectivity index (χ0) is 39.5. The van der Waals surface area contributed by atoms with Crippen molar-refractivity contribution in [1.29, 1.82) is 0 Å². The van der Waals surface area contributed by atoms with E-state index in [4.69, 9.17) is 10.8 Å². The Balaban J connectivity index is 3.03. The average molecular weight is 747 g/mol. The van der Waals surface area contributed by atoms with Gasteiger partial charge in [-0.1, -0.05) is 0 Å². The highest BCUT2D eigenvalue weighted by Gasteiger charge is 2.35. The van der Waals surface area contributed by atoms with E-state index in [0.29, 0.717) is 38.8 Å². The van der Waals surface area contributed by atoms with Crippen LogP contribution in [-0.2, 0) is 43.2 Å². The first-order valence-corrected chi connectivity index (χ1v) is 16.6. The number of aliphatic carboxylic acids is 3. The van der Waals surface area contributed by atoms with E-state index < -0.39 is 128 Å². The van der Waals surface area contributed by atoms with E-state index in [1.165, 1.54) is 6.92 Å². The Morgan fingerprint density at radius 3 is 1.83 bits per heavy atom. The van der Waals surface area contributed by atoms with E-state index in [1.807, 2.05) is 0 Å². The van der Waals surface area contributed by atoms with E-state index >= 15 is 0 Å². The molecule has 1 heterocycles. The van der Waals surface area contributed by atoms with Gasteiger partial charge in [0.15, 0.2) is 0 Å². The van der Waals surface area contributed by atoms with Gasteiger partial charge in [0.1, 0.15) is 36.3 Å². The van der Waals surface area contributed by atoms with Gasteiger partial charge < -0.3 is 68.5 Å². The van der Waals surface area contributed by atoms with Crippen molar-refractivity contribution in [2.45, 2.75) is 114 Å². The van der Waals surface area contributed by atoms with Crippen LogP contribution in [0.2, 0.25) is 0 Å². The van der Waals surface area contributed by atoms with Gasteiger partial charge in [-0.25, -0.2) is 4.79 Å². The molecule has 0 aliphatic carbocycles. The standard InChI is InChI=1S/C30H50N8O14/c1-14(24(45)35-18(30(51)52)6-3-4-10-31)33-26(47)17(8-9-21(41)42)34-29(50)23(15(2)40)38-28(49)20(13-39)37-27(48)19(12-22(43)44)36-25(46)16-7-5-11-32-16/h14-20,23,32,39-40H,3-13,31H2,1-2H3,(H,33,47)(H,34,50)(H,35,45)(H,36,46)(H,37,48)(H,38,49)(H,41,42)(H,43,44)(H,51,52)/t14-,15+,16-,17-,18-,19-,20-,23-/m0/s1. The Morgan fingerprint density at radius 1 is 0.712 bits per heavy atom. The van der Waals surface area contributed by atoms with Crippen LogP contribution < -0.4 is 43.0 Å². The first-order valence-electron chi connectivity index (χ1n) is 16.6. The number of carbonyl (C=O) groups excluding carboxylic acids is 6. The number of carboxylic acid groups (broad SMARTS) is 3. The number of aliphatic hydroxyl groups excluding tert-OH is 2. The molecule has 0 aromatic heterocycles. The van der Waals surface area contributed by atoms with Gasteiger partial charge in [0, 0.05) is 6.42 Å². The fourth-order valence-corrected chi connectivity index (χ4v) is 4.91. The number of rotatable bonds is 24. The lowest BCUT2D eigenvalue weighted by molar-refractivity contribution is -0.142. The number of nitrogens with one attached hydrogen (secondary N) is 7. The first kappa shape index (κ1) is 45.1. The molecule has 0 unspecified atom stereocenters. The van der Waals surface area contributed by atoms with Crippen molar-refractivity contribution in [2.24, 2.45) is 5.73 Å². The van der Waals surface area contributed by atoms with Crippen molar-refractivity contribution in [3.63, 3.8) is 0 Å². The number of hydrogen-bond donors (Lipinski definition) is 13. The van der Waals surface area contributed by atoms with Crippen LogP contribution in [0.25, 0.3) is 0 Å². The molecule has 0 bridgehead atoms. The van der Waals surface area contributed by atoms with E-state index in [1.54, 1.807) is 0 Å². The molecule has 0 spiro atoms. The van der Waals surface area contributed by atoms with Gasteiger partial charge in [-0.2, -0.15) is 0 Å². The van der Waals surface area contributed by atoms with Crippen molar-refractivity contribution in [1.82, 2.24) is 37.2 Å². The third-order valence-corrected chi connectivity index (χ3v) is 7.86. The third kappa shape index (κ3) is 16.0. The fourth-order valence-electron chi connectivity index (χ4n) is 4.91. The molecule has 22 heteroatoms. The zero-order valence-corrected chi connectivity index (χ0v) is 28.9. The second-order valence-electron chi connectivity index (χ2n) is 12.2. The second kappa shape index (κ2) is 22.8. The predicted octanol–water partition coefficient (Wildman–Crippen LogP) is -5.41. The summed E-state index contributed by atoms with van der Waals surface area (Å²) in [6, 6.07) is -10.3. The molecular formula is C30H50N8O14. The van der Waals surface area contributed by atoms with Gasteiger partial charge in [0.2, 0.25) is 35.4 Å². The highest BCUT2D eigenvalue weighted by atomic mass is 16.4. The molecule has 52 heavy (non-hydrogen) atoms. The topological polar surface area (TPSA) is 365 Å². The summed E-state index contributed by atoms with van der Waals surface area (Å²) in [6.45, 7) is 2.04. The van der Waals surface area contributed by atoms with Crippen LogP contribution in [0.1, 0.15) is 65.2 Å². The summed E-state index contributed by atoms with van der Waals surface area (Å²) in [5, 5.41) is 64.0. The van der Waals surface area contributed by atoms with E-state index in [-0.39, 0.29) is 6.42 Å². The van der Waals surface area contributed by atoms with Crippen LogP contribution in [0.15, 0.2) is 0 Å². The minimum absolute atomic E-state index is 0.0567. The number of carboxylic acids is 3. The monoisotopic (exact) mass is 746 g/mol. The summed E-state index contributed by atoms with van der Waals surface area (Å²) < 4.78 is 0. The van der Waals surface area contributed by atoms with Crippen LogP contribution in [0.4, 0.5) is 0 Å². The Morgan fingerprint density at radius 2 is 1.31 bits per heavy atom. The van der Waals surface area contributed by atoms with Crippen LogP contribution in [0, 0.1) is 0 Å². The molecule has 6 amide bonds. The molecule has 14 N–H and O–H groups in total. The van der Waals surface area contributed by atoms with Crippen LogP contribution >= 0.6 is 0 Å². The predicted molar refractivity (Wildman–Crippen MR) is 177 cm³/mol. The number of amides is 6. The molecule has 294 valence electrons. The number of unbranched alkanes of at least 4 members (excludes halogenated alkanes) is 1. The number of aliphatic hydroxyl groups is 2. The largest absolute Gasteiger partial charge is 0.481 e. The SMILES string of the molecule is C[C@H](NC(=O)[C@H](CCC(=O)O)NC(=O)[C@@H](NC(=O)[C@H](CO)NC(=O)[C@H](CC(=O)O)NC(=O)[C@@H]1CCCN1)[C@@H](C)O)C(=O)N[C@@H](CCCCN)C(=O)O. The van der Waals surface area contributed by atoms with Crippen molar-refractivity contribution in [2.75, 3.05) is 19.7 Å². The van der Waals surface area contributed by atoms with Crippen molar-refractivity contribution >= 4 is 53.4 Å². The molecule has 8 atom stereocenters. The lowest BCUT2D eigenvalue weighted by Crippen LogP contribution is -2.62. The highest BCUT2D eigenvalue weighted by Crippen LogP contribution is 2.07. The molecule has 22 nitrogen and oxygen atoms in total. The Kier molecular flexibility index (Phi) is 19.8. The first-order chi connectivity index (χ1) is 24.4. The maximum absolute atomic E-state index is 13.2. The molecule has 0 saturated carbocycles. The fraction of sp³-hybridized carbons (Fsp3) is 0.700. The average Bonchev–Trinajstić information content (AvgIpc) is 3.61. The van der Waals surface area contributed by atoms with Crippen molar-refractivity contribution < 1.29 is 68.7 Å². The second-order valence-corrected chi connectivity index (χ2v) is 12.2. The van der Waals surface area contributed by atoms with Gasteiger partial charge in [0.05, 0.1) is 25.2 Å². The lowest BCUT2D eigenvalue weighted by atomic mass is 10.1. The molecule has 0 aromatic carbocycles. The normalized spacial score (nSPS) is 17.8. The minimum atomic E-state index is -1.87. The van der Waals surface area contributed by atoms with Gasteiger partial charge in [-0.15, -0.1) is 0 Å². The maximum atomic E-state index is 13.2. The van der Waals surface area contributed by atoms with Gasteiger partial charge in [0.25, 0.3) is 0 Å². The van der Waals surface area contributed by atoms with Crippen LogP contribution in [-0.4, -0.2) is 147 Å². The number of nitrogens with two attached hydrogens (primary N) is 1.